The van der Waals surface area contributed by atoms with Crippen LogP contribution >= 0.6 is 0 Å². The van der Waals surface area contributed by atoms with Gasteiger partial charge in [0.1, 0.15) is 12.2 Å². The smallest absolute Gasteiger partial charge is 0.309 e. The van der Waals surface area contributed by atoms with Gasteiger partial charge in [-0.2, -0.15) is 0 Å². The van der Waals surface area contributed by atoms with E-state index in [0.29, 0.717) is 0 Å². The molecule has 4 nitrogen and oxygen atoms in total. The minimum absolute atomic E-state index is 0.0897. The largest absolute Gasteiger partial charge is 0.462 e. The number of carbonyl (C=O) groups excluding carboxylic acids is 2. The number of rotatable bonds is 7. The fraction of sp³-hybridized carbons (Fsp3) is 0.929. The Labute approximate surface area is 195 Å². The summed E-state index contributed by atoms with van der Waals surface area (Å²) in [7, 11) is 0. The number of ether oxygens (including phenoxy) is 2. The van der Waals surface area contributed by atoms with Gasteiger partial charge in [-0.05, 0) is 102 Å². The number of hydrogen-bond donors (Lipinski definition) is 0. The van der Waals surface area contributed by atoms with E-state index < -0.39 is 0 Å². The molecule has 182 valence electrons. The molecule has 0 aromatic carbocycles. The third-order valence-corrected chi connectivity index (χ3v) is 9.01. The van der Waals surface area contributed by atoms with E-state index in [1.54, 1.807) is 0 Å². The monoisotopic (exact) mass is 446 g/mol. The summed E-state index contributed by atoms with van der Waals surface area (Å²) >= 11 is 0. The van der Waals surface area contributed by atoms with Gasteiger partial charge < -0.3 is 9.47 Å². The molecule has 4 aliphatic rings. The molecule has 0 heterocycles. The van der Waals surface area contributed by atoms with E-state index in [-0.39, 0.29) is 36.0 Å². The Hall–Kier alpha value is -1.06. The van der Waals surface area contributed by atoms with Crippen molar-refractivity contribution in [2.75, 3.05) is 0 Å². The summed E-state index contributed by atoms with van der Waals surface area (Å²) in [5, 5.41) is 0. The molecule has 4 rings (SSSR count). The summed E-state index contributed by atoms with van der Waals surface area (Å²) in [6.07, 6.45) is 23.6. The highest BCUT2D eigenvalue weighted by Crippen LogP contribution is 2.37. The molecule has 0 amide bonds. The van der Waals surface area contributed by atoms with Crippen LogP contribution in [0.15, 0.2) is 0 Å². The van der Waals surface area contributed by atoms with Gasteiger partial charge in [-0.15, -0.1) is 0 Å². The summed E-state index contributed by atoms with van der Waals surface area (Å²) in [6, 6.07) is 0. The van der Waals surface area contributed by atoms with E-state index in [2.05, 4.69) is 0 Å². The van der Waals surface area contributed by atoms with E-state index in [1.807, 2.05) is 0 Å². The molecule has 0 aliphatic heterocycles. The molecule has 0 bridgehead atoms. The minimum atomic E-state index is 0.0897. The second kappa shape index (κ2) is 12.4. The van der Waals surface area contributed by atoms with Gasteiger partial charge in [-0.3, -0.25) is 9.59 Å². The lowest BCUT2D eigenvalue weighted by molar-refractivity contribution is -0.157. The van der Waals surface area contributed by atoms with Crippen molar-refractivity contribution < 1.29 is 19.1 Å². The maximum Gasteiger partial charge on any atom is 0.309 e. The molecular formula is C28H46O4. The van der Waals surface area contributed by atoms with Gasteiger partial charge in [0.25, 0.3) is 0 Å². The Morgan fingerprint density at radius 1 is 0.469 bits per heavy atom. The van der Waals surface area contributed by atoms with Crippen LogP contribution < -0.4 is 0 Å². The number of hydrogen-bond acceptors (Lipinski definition) is 4. The van der Waals surface area contributed by atoms with Crippen molar-refractivity contribution in [3.63, 3.8) is 0 Å². The first-order valence-corrected chi connectivity index (χ1v) is 14.1. The fourth-order valence-electron chi connectivity index (χ4n) is 6.74. The Balaban J connectivity index is 1.07. The SMILES string of the molecule is O=C(OC1CCC(CCC2CCC(C(=O)OC3CCCCC3)CC2)CC1)C1CCCCC1. The quantitative estimate of drug-likeness (QED) is 0.390. The molecule has 0 aromatic heterocycles. The molecule has 4 aliphatic carbocycles. The van der Waals surface area contributed by atoms with Gasteiger partial charge >= 0.3 is 11.9 Å². The predicted molar refractivity (Wildman–Crippen MR) is 126 cm³/mol. The number of carbonyl (C=O) groups is 2. The van der Waals surface area contributed by atoms with Gasteiger partial charge in [-0.1, -0.05) is 38.5 Å². The molecule has 0 unspecified atom stereocenters. The highest BCUT2D eigenvalue weighted by molar-refractivity contribution is 5.73. The van der Waals surface area contributed by atoms with Gasteiger partial charge in [-0.25, -0.2) is 0 Å². The van der Waals surface area contributed by atoms with Crippen LogP contribution in [0.2, 0.25) is 0 Å². The highest BCUT2D eigenvalue weighted by atomic mass is 16.5. The van der Waals surface area contributed by atoms with Crippen molar-refractivity contribution in [1.29, 1.82) is 0 Å². The van der Waals surface area contributed by atoms with E-state index in [9.17, 15) is 9.59 Å². The van der Waals surface area contributed by atoms with E-state index in [4.69, 9.17) is 9.47 Å². The summed E-state index contributed by atoms with van der Waals surface area (Å²) in [5.41, 5.74) is 0. The van der Waals surface area contributed by atoms with E-state index in [1.165, 1.54) is 77.0 Å². The van der Waals surface area contributed by atoms with Crippen molar-refractivity contribution in [1.82, 2.24) is 0 Å². The molecule has 4 fully saturated rings. The van der Waals surface area contributed by atoms with Crippen molar-refractivity contribution >= 4 is 11.9 Å². The number of esters is 2. The van der Waals surface area contributed by atoms with Crippen LogP contribution in [0.3, 0.4) is 0 Å². The molecule has 0 radical (unpaired) electrons. The summed E-state index contributed by atoms with van der Waals surface area (Å²) in [5.74, 6) is 2.10. The lowest BCUT2D eigenvalue weighted by Crippen LogP contribution is -2.29. The van der Waals surface area contributed by atoms with Crippen molar-refractivity contribution in [3.05, 3.63) is 0 Å². The lowest BCUT2D eigenvalue weighted by atomic mass is 9.77. The van der Waals surface area contributed by atoms with E-state index in [0.717, 1.165) is 63.2 Å². The second-order valence-corrected chi connectivity index (χ2v) is 11.4. The first-order chi connectivity index (χ1) is 15.7. The molecule has 0 atom stereocenters. The second-order valence-electron chi connectivity index (χ2n) is 11.4. The average Bonchev–Trinajstić information content (AvgIpc) is 2.85. The predicted octanol–water partition coefficient (Wildman–Crippen LogP) is 7.13. The van der Waals surface area contributed by atoms with Gasteiger partial charge in [0.15, 0.2) is 0 Å². The lowest BCUT2D eigenvalue weighted by Gasteiger charge is -2.32. The van der Waals surface area contributed by atoms with Crippen LogP contribution in [0.1, 0.15) is 128 Å². The summed E-state index contributed by atoms with van der Waals surface area (Å²) < 4.78 is 11.7. The Morgan fingerprint density at radius 3 is 1.41 bits per heavy atom. The Bertz CT molecular complexity index is 574. The first kappa shape index (κ1) is 24.1. The molecule has 0 saturated heterocycles. The molecule has 0 N–H and O–H groups in total. The van der Waals surface area contributed by atoms with Crippen LogP contribution in [-0.4, -0.2) is 24.1 Å². The highest BCUT2D eigenvalue weighted by Gasteiger charge is 2.31. The van der Waals surface area contributed by atoms with Crippen LogP contribution in [0.4, 0.5) is 0 Å². The summed E-state index contributed by atoms with van der Waals surface area (Å²) in [6.45, 7) is 0. The standard InChI is InChI=1S/C28H46O4/c29-27(23-7-3-1-4-8-23)32-26-19-15-22(16-20-26)12-11-21-13-17-24(18-14-21)28(30)31-25-9-5-2-6-10-25/h21-26H,1-20H2. The Morgan fingerprint density at radius 2 is 0.875 bits per heavy atom. The molecule has 4 heteroatoms. The van der Waals surface area contributed by atoms with E-state index >= 15 is 0 Å². The topological polar surface area (TPSA) is 52.6 Å². The average molecular weight is 447 g/mol. The molecule has 0 aromatic rings. The van der Waals surface area contributed by atoms with Crippen LogP contribution in [-0.2, 0) is 19.1 Å². The molecule has 32 heavy (non-hydrogen) atoms. The Kier molecular flexibility index (Phi) is 9.34. The van der Waals surface area contributed by atoms with Crippen LogP contribution in [0.5, 0.6) is 0 Å². The van der Waals surface area contributed by atoms with Crippen LogP contribution in [0, 0.1) is 23.7 Å². The summed E-state index contributed by atoms with van der Waals surface area (Å²) in [4.78, 5) is 24.9. The molecular weight excluding hydrogens is 400 g/mol. The zero-order valence-electron chi connectivity index (χ0n) is 20.2. The van der Waals surface area contributed by atoms with Gasteiger partial charge in [0.2, 0.25) is 0 Å². The van der Waals surface area contributed by atoms with Crippen molar-refractivity contribution in [2.24, 2.45) is 23.7 Å². The minimum Gasteiger partial charge on any atom is -0.462 e. The van der Waals surface area contributed by atoms with Crippen molar-refractivity contribution in [2.45, 2.75) is 141 Å². The van der Waals surface area contributed by atoms with Gasteiger partial charge in [0, 0.05) is 0 Å². The fourth-order valence-corrected chi connectivity index (χ4v) is 6.74. The van der Waals surface area contributed by atoms with Gasteiger partial charge in [0.05, 0.1) is 11.8 Å². The third-order valence-electron chi connectivity index (χ3n) is 9.01. The maximum absolute atomic E-state index is 12.5. The molecule has 4 saturated carbocycles. The zero-order chi connectivity index (χ0) is 22.2. The first-order valence-electron chi connectivity index (χ1n) is 14.1. The third kappa shape index (κ3) is 7.22. The maximum atomic E-state index is 12.5. The van der Waals surface area contributed by atoms with Crippen LogP contribution in [0.25, 0.3) is 0 Å². The zero-order valence-corrected chi connectivity index (χ0v) is 20.2. The normalized spacial score (nSPS) is 32.9. The van der Waals surface area contributed by atoms with Crippen molar-refractivity contribution in [3.8, 4) is 0 Å². The molecule has 0 spiro atoms.